The zero-order valence-electron chi connectivity index (χ0n) is 17.5. The van der Waals surface area contributed by atoms with Crippen molar-refractivity contribution in [2.24, 2.45) is 0 Å². The Bertz CT molecular complexity index is 982. The molecular weight excluding hydrogens is 382 g/mol. The van der Waals surface area contributed by atoms with Gasteiger partial charge in [0.25, 0.3) is 0 Å². The van der Waals surface area contributed by atoms with Gasteiger partial charge in [0.1, 0.15) is 12.6 Å². The van der Waals surface area contributed by atoms with Crippen molar-refractivity contribution in [3.63, 3.8) is 0 Å². The van der Waals surface area contributed by atoms with Crippen molar-refractivity contribution in [1.82, 2.24) is 24.8 Å². The van der Waals surface area contributed by atoms with Crippen molar-refractivity contribution in [2.75, 3.05) is 13.2 Å². The van der Waals surface area contributed by atoms with Crippen LogP contribution in [0.5, 0.6) is 0 Å². The highest BCUT2D eigenvalue weighted by Gasteiger charge is 2.34. The lowest BCUT2D eigenvalue weighted by Crippen LogP contribution is -2.34. The highest BCUT2D eigenvalue weighted by Crippen LogP contribution is 2.31. The van der Waals surface area contributed by atoms with Crippen LogP contribution in [0.1, 0.15) is 47.5 Å². The van der Waals surface area contributed by atoms with Crippen molar-refractivity contribution in [3.05, 3.63) is 65.1 Å². The number of carbonyl (C=O) groups is 1. The molecule has 4 rings (SSSR count). The Labute approximate surface area is 175 Å². The average molecular weight is 409 g/mol. The van der Waals surface area contributed by atoms with E-state index in [9.17, 15) is 4.79 Å². The third-order valence-corrected chi connectivity index (χ3v) is 5.31. The van der Waals surface area contributed by atoms with Crippen molar-refractivity contribution in [2.45, 2.75) is 52.3 Å². The van der Waals surface area contributed by atoms with E-state index in [1.807, 2.05) is 55.1 Å². The first-order valence-corrected chi connectivity index (χ1v) is 10.3. The lowest BCUT2D eigenvalue weighted by Gasteiger charge is -2.22. The molecule has 1 fully saturated rings. The minimum Gasteiger partial charge on any atom is -0.376 e. The lowest BCUT2D eigenvalue weighted by molar-refractivity contribution is -0.133. The molecule has 0 saturated carbocycles. The summed E-state index contributed by atoms with van der Waals surface area (Å²) in [6, 6.07) is 11.8. The maximum atomic E-state index is 12.9. The van der Waals surface area contributed by atoms with Gasteiger partial charge < -0.3 is 14.2 Å². The maximum Gasteiger partial charge on any atom is 0.249 e. The molecule has 0 radical (unpaired) electrons. The molecule has 3 aromatic rings. The van der Waals surface area contributed by atoms with Crippen LogP contribution in [0.2, 0.25) is 0 Å². The van der Waals surface area contributed by atoms with Gasteiger partial charge in [-0.1, -0.05) is 35.5 Å². The number of ether oxygens (including phenoxy) is 1. The predicted molar refractivity (Wildman–Crippen MR) is 109 cm³/mol. The first kappa shape index (κ1) is 20.3. The van der Waals surface area contributed by atoms with Crippen LogP contribution in [0.3, 0.4) is 0 Å². The molecule has 1 aliphatic rings. The summed E-state index contributed by atoms with van der Waals surface area (Å²) in [6.07, 6.45) is 2.32. The van der Waals surface area contributed by atoms with Crippen LogP contribution in [-0.2, 0) is 29.1 Å². The van der Waals surface area contributed by atoms with Gasteiger partial charge in [0.15, 0.2) is 5.82 Å². The summed E-state index contributed by atoms with van der Waals surface area (Å²) < 4.78 is 12.9. The van der Waals surface area contributed by atoms with Gasteiger partial charge in [-0.25, -0.2) is 0 Å². The number of nitrogens with zero attached hydrogens (tertiary/aromatic N) is 5. The Morgan fingerprint density at radius 1 is 1.27 bits per heavy atom. The molecule has 30 heavy (non-hydrogen) atoms. The van der Waals surface area contributed by atoms with Crippen LogP contribution in [0.25, 0.3) is 0 Å². The molecule has 0 N–H and O–H groups in total. The van der Waals surface area contributed by atoms with E-state index in [2.05, 4.69) is 15.2 Å². The van der Waals surface area contributed by atoms with Crippen LogP contribution in [0, 0.1) is 13.8 Å². The fourth-order valence-corrected chi connectivity index (χ4v) is 3.81. The molecule has 8 heteroatoms. The second-order valence-corrected chi connectivity index (χ2v) is 7.67. The first-order chi connectivity index (χ1) is 14.6. The minimum atomic E-state index is -0.166. The molecule has 8 nitrogen and oxygen atoms in total. The summed E-state index contributed by atoms with van der Waals surface area (Å²) >= 11 is 0. The number of carbonyl (C=O) groups excluding carboxylic acids is 1. The molecule has 1 atom stereocenters. The van der Waals surface area contributed by atoms with E-state index in [-0.39, 0.29) is 18.5 Å². The summed E-state index contributed by atoms with van der Waals surface area (Å²) in [4.78, 5) is 19.2. The maximum absolute atomic E-state index is 12.9. The molecule has 158 valence electrons. The van der Waals surface area contributed by atoms with Crippen LogP contribution < -0.4 is 0 Å². The van der Waals surface area contributed by atoms with Gasteiger partial charge in [-0.05, 0) is 38.3 Å². The van der Waals surface area contributed by atoms with Gasteiger partial charge in [0.05, 0.1) is 18.9 Å². The third kappa shape index (κ3) is 4.76. The Morgan fingerprint density at radius 3 is 2.87 bits per heavy atom. The fourth-order valence-electron chi connectivity index (χ4n) is 3.81. The molecule has 1 aliphatic heterocycles. The smallest absolute Gasteiger partial charge is 0.249 e. The second-order valence-electron chi connectivity index (χ2n) is 7.67. The minimum absolute atomic E-state index is 0.0228. The molecule has 2 aromatic heterocycles. The third-order valence-electron chi connectivity index (χ3n) is 5.31. The lowest BCUT2D eigenvalue weighted by atomic mass is 10.2. The molecule has 1 unspecified atom stereocenters. The topological polar surface area (TPSA) is 86.3 Å². The number of hydrogen-bond donors (Lipinski definition) is 0. The van der Waals surface area contributed by atoms with Crippen molar-refractivity contribution < 1.29 is 14.1 Å². The molecule has 3 heterocycles. The van der Waals surface area contributed by atoms with E-state index >= 15 is 0 Å². The Kier molecular flexibility index (Phi) is 6.23. The van der Waals surface area contributed by atoms with Gasteiger partial charge >= 0.3 is 0 Å². The molecule has 1 amide bonds. The highest BCUT2D eigenvalue weighted by molar-refractivity contribution is 5.76. The normalized spacial score (nSPS) is 16.3. The summed E-state index contributed by atoms with van der Waals surface area (Å²) in [7, 11) is 0. The zero-order valence-corrected chi connectivity index (χ0v) is 17.5. The monoisotopic (exact) mass is 409 g/mol. The van der Waals surface area contributed by atoms with Crippen molar-refractivity contribution in [1.29, 1.82) is 0 Å². The molecule has 0 spiro atoms. The molecule has 0 bridgehead atoms. The summed E-state index contributed by atoms with van der Waals surface area (Å²) in [5.74, 6) is 1.14. The number of hydrogen-bond acceptors (Lipinski definition) is 6. The largest absolute Gasteiger partial charge is 0.376 e. The van der Waals surface area contributed by atoms with Crippen molar-refractivity contribution >= 4 is 5.91 Å². The Hall–Kier alpha value is -3.00. The van der Waals surface area contributed by atoms with Gasteiger partial charge in [-0.2, -0.15) is 10.1 Å². The summed E-state index contributed by atoms with van der Waals surface area (Å²) in [5, 5.41) is 8.47. The molecule has 1 aromatic carbocycles. The van der Waals surface area contributed by atoms with E-state index in [1.54, 1.807) is 4.68 Å². The Morgan fingerprint density at radius 2 is 2.10 bits per heavy atom. The van der Waals surface area contributed by atoms with Gasteiger partial charge in [-0.3, -0.25) is 9.48 Å². The van der Waals surface area contributed by atoms with Crippen LogP contribution in [-0.4, -0.2) is 43.9 Å². The van der Waals surface area contributed by atoms with Gasteiger partial charge in [0.2, 0.25) is 11.8 Å². The number of benzene rings is 1. The highest BCUT2D eigenvalue weighted by atomic mass is 16.5. The number of amides is 1. The van der Waals surface area contributed by atoms with Gasteiger partial charge in [0, 0.05) is 18.7 Å². The quantitative estimate of drug-likeness (QED) is 0.532. The first-order valence-electron chi connectivity index (χ1n) is 10.3. The SMILES string of the molecule is Cc1cc(C)n(CC(=O)N2CCCC2c2nc(CCOCc3ccccc3)no2)n1. The number of aromatic nitrogens is 4. The van der Waals surface area contributed by atoms with Crippen LogP contribution in [0.4, 0.5) is 0 Å². The summed E-state index contributed by atoms with van der Waals surface area (Å²) in [5.41, 5.74) is 3.02. The van der Waals surface area contributed by atoms with E-state index in [1.165, 1.54) is 0 Å². The number of aryl methyl sites for hydroxylation is 2. The second kappa shape index (κ2) is 9.21. The fraction of sp³-hybridized carbons (Fsp3) is 0.455. The van der Waals surface area contributed by atoms with E-state index in [4.69, 9.17) is 9.26 Å². The van der Waals surface area contributed by atoms with E-state index < -0.39 is 0 Å². The van der Waals surface area contributed by atoms with Crippen LogP contribution in [0.15, 0.2) is 40.9 Å². The summed E-state index contributed by atoms with van der Waals surface area (Å²) in [6.45, 7) is 5.88. The average Bonchev–Trinajstić information content (AvgIpc) is 3.46. The van der Waals surface area contributed by atoms with Gasteiger partial charge in [-0.15, -0.1) is 0 Å². The molecule has 1 saturated heterocycles. The Balaban J connectivity index is 1.31. The number of rotatable bonds is 8. The molecule has 0 aliphatic carbocycles. The van der Waals surface area contributed by atoms with Crippen molar-refractivity contribution in [3.8, 4) is 0 Å². The number of likely N-dealkylation sites (tertiary alicyclic amines) is 1. The standard InChI is InChI=1S/C22H27N5O3/c1-16-13-17(2)27(24-16)14-21(28)26-11-6-9-19(26)22-23-20(25-30-22)10-12-29-15-18-7-4-3-5-8-18/h3-5,7-8,13,19H,6,9-12,14-15H2,1-2H3. The van der Waals surface area contributed by atoms with E-state index in [0.29, 0.717) is 37.9 Å². The van der Waals surface area contributed by atoms with E-state index in [0.717, 1.165) is 29.8 Å². The predicted octanol–water partition coefficient (Wildman–Crippen LogP) is 3.01. The molecular formula is C22H27N5O3. The zero-order chi connectivity index (χ0) is 20.9. The van der Waals surface area contributed by atoms with Crippen LogP contribution >= 0.6 is 0 Å².